The van der Waals surface area contributed by atoms with Crippen molar-refractivity contribution in [1.82, 2.24) is 0 Å². The Labute approximate surface area is 88.8 Å². The van der Waals surface area contributed by atoms with Gasteiger partial charge in [0, 0.05) is 0 Å². The van der Waals surface area contributed by atoms with E-state index in [0.29, 0.717) is 10.8 Å². The third-order valence-corrected chi connectivity index (χ3v) is 1.95. The summed E-state index contributed by atoms with van der Waals surface area (Å²) in [7, 11) is 0. The summed E-state index contributed by atoms with van der Waals surface area (Å²) in [5, 5.41) is 0.522. The summed E-state index contributed by atoms with van der Waals surface area (Å²) in [6.07, 6.45) is 0. The second-order valence-electron chi connectivity index (χ2n) is 3.94. The Bertz CT molecular complexity index is 318. The van der Waals surface area contributed by atoms with Crippen molar-refractivity contribution >= 4 is 11.6 Å². The molecule has 3 heteroatoms. The molecule has 0 aromatic heterocycles. The number of ether oxygens (including phenoxy) is 1. The minimum absolute atomic E-state index is 0.00970. The van der Waals surface area contributed by atoms with E-state index in [2.05, 4.69) is 0 Å². The Morgan fingerprint density at radius 1 is 1.43 bits per heavy atom. The molecule has 1 nitrogen and oxygen atoms in total. The van der Waals surface area contributed by atoms with E-state index in [1.807, 2.05) is 13.0 Å². The normalized spacial score (nSPS) is 11.5. The van der Waals surface area contributed by atoms with Gasteiger partial charge in [-0.1, -0.05) is 17.7 Å². The van der Waals surface area contributed by atoms with Crippen molar-refractivity contribution in [2.24, 2.45) is 0 Å². The lowest BCUT2D eigenvalue weighted by Crippen LogP contribution is -2.22. The van der Waals surface area contributed by atoms with Crippen LogP contribution in [0.5, 0.6) is 5.75 Å². The predicted octanol–water partition coefficient (Wildman–Crippen LogP) is 3.78. The molecular formula is C11H14ClFO. The molecule has 0 N–H and O–H groups in total. The Kier molecular flexibility index (Phi) is 3.38. The molecule has 0 spiro atoms. The van der Waals surface area contributed by atoms with Crippen LogP contribution in [0, 0.1) is 6.92 Å². The zero-order valence-corrected chi connectivity index (χ0v) is 9.36. The summed E-state index contributed by atoms with van der Waals surface area (Å²) < 4.78 is 18.4. The molecule has 1 aromatic carbocycles. The van der Waals surface area contributed by atoms with E-state index < -0.39 is 5.67 Å². The predicted molar refractivity (Wildman–Crippen MR) is 56.9 cm³/mol. The lowest BCUT2D eigenvalue weighted by Gasteiger charge is -2.16. The molecule has 14 heavy (non-hydrogen) atoms. The van der Waals surface area contributed by atoms with Gasteiger partial charge in [0.05, 0.1) is 5.02 Å². The van der Waals surface area contributed by atoms with E-state index in [4.69, 9.17) is 16.3 Å². The van der Waals surface area contributed by atoms with Crippen LogP contribution < -0.4 is 4.74 Å². The molecule has 1 aromatic rings. The fraction of sp³-hybridized carbons (Fsp3) is 0.455. The lowest BCUT2D eigenvalue weighted by molar-refractivity contribution is 0.121. The van der Waals surface area contributed by atoms with Gasteiger partial charge in [-0.05, 0) is 38.5 Å². The van der Waals surface area contributed by atoms with Crippen LogP contribution in [0.2, 0.25) is 5.02 Å². The van der Waals surface area contributed by atoms with Crippen LogP contribution in [0.15, 0.2) is 18.2 Å². The molecule has 0 amide bonds. The minimum Gasteiger partial charge on any atom is -0.489 e. The standard InChI is InChI=1S/C11H14ClFO/c1-8-4-5-10(9(12)6-8)14-7-11(2,3)13/h4-6H,7H2,1-3H3. The van der Waals surface area contributed by atoms with Gasteiger partial charge in [-0.3, -0.25) is 0 Å². The average Bonchev–Trinajstić information content (AvgIpc) is 2.00. The lowest BCUT2D eigenvalue weighted by atomic mass is 10.2. The van der Waals surface area contributed by atoms with Crippen molar-refractivity contribution in [3.63, 3.8) is 0 Å². The van der Waals surface area contributed by atoms with E-state index in [-0.39, 0.29) is 6.61 Å². The van der Waals surface area contributed by atoms with Gasteiger partial charge in [0.2, 0.25) is 0 Å². The van der Waals surface area contributed by atoms with Crippen molar-refractivity contribution in [1.29, 1.82) is 0 Å². The summed E-state index contributed by atoms with van der Waals surface area (Å²) in [4.78, 5) is 0. The van der Waals surface area contributed by atoms with Gasteiger partial charge < -0.3 is 4.74 Å². The van der Waals surface area contributed by atoms with Crippen molar-refractivity contribution in [3.05, 3.63) is 28.8 Å². The highest BCUT2D eigenvalue weighted by molar-refractivity contribution is 6.32. The maximum absolute atomic E-state index is 13.1. The molecule has 0 fully saturated rings. The van der Waals surface area contributed by atoms with E-state index in [1.54, 1.807) is 12.1 Å². The zero-order chi connectivity index (χ0) is 10.8. The Hall–Kier alpha value is -0.760. The van der Waals surface area contributed by atoms with E-state index in [0.717, 1.165) is 5.56 Å². The first-order valence-electron chi connectivity index (χ1n) is 4.46. The van der Waals surface area contributed by atoms with Crippen molar-refractivity contribution in [3.8, 4) is 5.75 Å². The molecule has 0 saturated heterocycles. The maximum Gasteiger partial charge on any atom is 0.139 e. The first-order chi connectivity index (χ1) is 6.38. The largest absolute Gasteiger partial charge is 0.489 e. The summed E-state index contributed by atoms with van der Waals surface area (Å²) in [6.45, 7) is 4.88. The van der Waals surface area contributed by atoms with Crippen LogP contribution in [0.25, 0.3) is 0 Å². The third-order valence-electron chi connectivity index (χ3n) is 1.66. The van der Waals surface area contributed by atoms with E-state index in [1.165, 1.54) is 13.8 Å². The van der Waals surface area contributed by atoms with Gasteiger partial charge in [-0.2, -0.15) is 0 Å². The van der Waals surface area contributed by atoms with Gasteiger partial charge in [-0.25, -0.2) is 4.39 Å². The van der Waals surface area contributed by atoms with Crippen molar-refractivity contribution in [2.45, 2.75) is 26.4 Å². The third kappa shape index (κ3) is 3.54. The summed E-state index contributed by atoms with van der Waals surface area (Å²) in [5.74, 6) is 0.531. The zero-order valence-electron chi connectivity index (χ0n) is 8.60. The molecule has 0 aliphatic carbocycles. The highest BCUT2D eigenvalue weighted by Gasteiger charge is 2.16. The van der Waals surface area contributed by atoms with Crippen LogP contribution in [0.1, 0.15) is 19.4 Å². The molecule has 0 heterocycles. The Morgan fingerprint density at radius 2 is 2.07 bits per heavy atom. The van der Waals surface area contributed by atoms with Crippen molar-refractivity contribution in [2.75, 3.05) is 6.61 Å². The summed E-state index contributed by atoms with van der Waals surface area (Å²) in [5.41, 5.74) is -0.282. The number of rotatable bonds is 3. The molecule has 0 bridgehead atoms. The highest BCUT2D eigenvalue weighted by Crippen LogP contribution is 2.26. The number of benzene rings is 1. The molecular weight excluding hydrogens is 203 g/mol. The van der Waals surface area contributed by atoms with Gasteiger partial charge >= 0.3 is 0 Å². The highest BCUT2D eigenvalue weighted by atomic mass is 35.5. The summed E-state index contributed by atoms with van der Waals surface area (Å²) in [6, 6.07) is 5.43. The molecule has 0 aliphatic heterocycles. The molecule has 0 saturated carbocycles. The van der Waals surface area contributed by atoms with Crippen LogP contribution in [0.4, 0.5) is 4.39 Å². The van der Waals surface area contributed by atoms with Crippen LogP contribution >= 0.6 is 11.6 Å². The fourth-order valence-corrected chi connectivity index (χ4v) is 1.26. The molecule has 78 valence electrons. The maximum atomic E-state index is 13.1. The molecule has 0 aliphatic rings. The topological polar surface area (TPSA) is 9.23 Å². The van der Waals surface area contributed by atoms with E-state index in [9.17, 15) is 4.39 Å². The number of aryl methyl sites for hydroxylation is 1. The molecule has 1 rings (SSSR count). The SMILES string of the molecule is Cc1ccc(OCC(C)(C)F)c(Cl)c1. The summed E-state index contributed by atoms with van der Waals surface area (Å²) >= 11 is 5.91. The van der Waals surface area contributed by atoms with Crippen molar-refractivity contribution < 1.29 is 9.13 Å². The Morgan fingerprint density at radius 3 is 2.57 bits per heavy atom. The second-order valence-corrected chi connectivity index (χ2v) is 4.35. The fourth-order valence-electron chi connectivity index (χ4n) is 0.972. The van der Waals surface area contributed by atoms with Gasteiger partial charge in [0.15, 0.2) is 0 Å². The second kappa shape index (κ2) is 4.18. The number of hydrogen-bond donors (Lipinski definition) is 0. The number of halogens is 2. The smallest absolute Gasteiger partial charge is 0.139 e. The minimum atomic E-state index is -1.34. The van der Waals surface area contributed by atoms with Gasteiger partial charge in [0.25, 0.3) is 0 Å². The molecule has 0 atom stereocenters. The number of alkyl halides is 1. The monoisotopic (exact) mass is 216 g/mol. The van der Waals surface area contributed by atoms with Gasteiger partial charge in [-0.15, -0.1) is 0 Å². The molecule has 0 radical (unpaired) electrons. The van der Waals surface area contributed by atoms with Crippen LogP contribution in [0.3, 0.4) is 0 Å². The van der Waals surface area contributed by atoms with Gasteiger partial charge in [0.1, 0.15) is 18.0 Å². The Balaban J connectivity index is 2.68. The van der Waals surface area contributed by atoms with E-state index >= 15 is 0 Å². The number of hydrogen-bond acceptors (Lipinski definition) is 1. The quantitative estimate of drug-likeness (QED) is 0.747. The molecule has 0 unspecified atom stereocenters. The van der Waals surface area contributed by atoms with Crippen LogP contribution in [-0.4, -0.2) is 12.3 Å². The van der Waals surface area contributed by atoms with Crippen LogP contribution in [-0.2, 0) is 0 Å². The first-order valence-corrected chi connectivity index (χ1v) is 4.84. The first kappa shape index (κ1) is 11.3. The average molecular weight is 217 g/mol.